The third-order valence-corrected chi connectivity index (χ3v) is 5.11. The maximum atomic E-state index is 6.66. The van der Waals surface area contributed by atoms with Gasteiger partial charge >= 0.3 is 0 Å². The third kappa shape index (κ3) is 3.49. The maximum absolute atomic E-state index is 6.66. The van der Waals surface area contributed by atoms with E-state index in [2.05, 4.69) is 79.8 Å². The van der Waals surface area contributed by atoms with Gasteiger partial charge in [0.2, 0.25) is 0 Å². The minimum atomic E-state index is -0.0334. The molecule has 1 nitrogen and oxygen atoms in total. The Labute approximate surface area is 142 Å². The molecule has 21 heavy (non-hydrogen) atoms. The number of hydrogen-bond acceptors (Lipinski definition) is 1. The molecule has 0 aliphatic heterocycles. The quantitative estimate of drug-likeness (QED) is 0.709. The Morgan fingerprint density at radius 2 is 1.52 bits per heavy atom. The highest BCUT2D eigenvalue weighted by molar-refractivity contribution is 14.1. The van der Waals surface area contributed by atoms with E-state index in [4.69, 9.17) is 5.73 Å². The van der Waals surface area contributed by atoms with Crippen LogP contribution in [0, 0.1) is 3.57 Å². The summed E-state index contributed by atoms with van der Waals surface area (Å²) in [7, 11) is 0. The van der Waals surface area contributed by atoms with Gasteiger partial charge in [-0.25, -0.2) is 0 Å². The molecule has 0 spiro atoms. The van der Waals surface area contributed by atoms with E-state index in [9.17, 15) is 0 Å². The molecular weight excluding hydrogens is 369 g/mol. The van der Waals surface area contributed by atoms with E-state index < -0.39 is 0 Å². The molecule has 0 bridgehead atoms. The van der Waals surface area contributed by atoms with Crippen LogP contribution in [0.4, 0.5) is 0 Å². The first-order valence-electron chi connectivity index (χ1n) is 7.76. The summed E-state index contributed by atoms with van der Waals surface area (Å²) in [4.78, 5) is 0. The van der Waals surface area contributed by atoms with Crippen LogP contribution in [-0.2, 0) is 19.3 Å². The van der Waals surface area contributed by atoms with Crippen molar-refractivity contribution in [3.05, 3.63) is 67.8 Å². The van der Waals surface area contributed by atoms with Gasteiger partial charge in [-0.3, -0.25) is 0 Å². The van der Waals surface area contributed by atoms with Crippen LogP contribution < -0.4 is 5.73 Å². The van der Waals surface area contributed by atoms with Crippen molar-refractivity contribution in [1.29, 1.82) is 0 Å². The van der Waals surface area contributed by atoms with Gasteiger partial charge < -0.3 is 5.73 Å². The van der Waals surface area contributed by atoms with Crippen LogP contribution in [0.1, 0.15) is 54.6 Å². The van der Waals surface area contributed by atoms with Gasteiger partial charge in [0.1, 0.15) is 0 Å². The van der Waals surface area contributed by atoms with Crippen molar-refractivity contribution in [1.82, 2.24) is 0 Å². The Morgan fingerprint density at radius 3 is 2.00 bits per heavy atom. The molecule has 2 aromatic rings. The zero-order valence-corrected chi connectivity index (χ0v) is 15.3. The first kappa shape index (κ1) is 16.5. The molecule has 1 atom stereocenters. The largest absolute Gasteiger partial charge is 0.320 e. The van der Waals surface area contributed by atoms with Crippen LogP contribution in [0.25, 0.3) is 0 Å². The maximum Gasteiger partial charge on any atom is 0.0567 e. The van der Waals surface area contributed by atoms with Crippen LogP contribution in [0.2, 0.25) is 0 Å². The molecule has 2 N–H and O–H groups in total. The lowest BCUT2D eigenvalue weighted by molar-refractivity contribution is 0.820. The van der Waals surface area contributed by atoms with E-state index in [1.54, 1.807) is 0 Å². The second-order valence-electron chi connectivity index (χ2n) is 5.39. The Hall–Kier alpha value is -0.870. The molecule has 0 aliphatic rings. The normalized spacial score (nSPS) is 12.4. The zero-order valence-electron chi connectivity index (χ0n) is 13.1. The summed E-state index contributed by atoms with van der Waals surface area (Å²) >= 11 is 2.38. The Bertz CT molecular complexity index is 594. The van der Waals surface area contributed by atoms with Crippen molar-refractivity contribution in [2.45, 2.75) is 46.1 Å². The van der Waals surface area contributed by atoms with Gasteiger partial charge in [0.05, 0.1) is 6.04 Å². The second kappa shape index (κ2) is 7.41. The van der Waals surface area contributed by atoms with E-state index in [-0.39, 0.29) is 6.04 Å². The smallest absolute Gasteiger partial charge is 0.0567 e. The fourth-order valence-electron chi connectivity index (χ4n) is 2.92. The summed E-state index contributed by atoms with van der Waals surface area (Å²) in [5, 5.41) is 0. The predicted octanol–water partition coefficient (Wildman–Crippen LogP) is 5.03. The van der Waals surface area contributed by atoms with E-state index >= 15 is 0 Å². The molecule has 0 saturated carbocycles. The molecule has 2 aromatic carbocycles. The number of nitrogens with two attached hydrogens (primary N) is 1. The van der Waals surface area contributed by atoms with Gasteiger partial charge in [-0.2, -0.15) is 0 Å². The van der Waals surface area contributed by atoms with Gasteiger partial charge in [0.25, 0.3) is 0 Å². The first-order valence-corrected chi connectivity index (χ1v) is 8.84. The molecule has 1 unspecified atom stereocenters. The number of hydrogen-bond donors (Lipinski definition) is 1. The SMILES string of the molecule is CCc1cc(CC)c(C(N)c2ccccc2I)c(CC)c1. The van der Waals surface area contributed by atoms with Crippen LogP contribution >= 0.6 is 22.6 Å². The van der Waals surface area contributed by atoms with Crippen molar-refractivity contribution in [3.8, 4) is 0 Å². The summed E-state index contributed by atoms with van der Waals surface area (Å²) in [6.45, 7) is 6.66. The van der Waals surface area contributed by atoms with Crippen LogP contribution in [0.5, 0.6) is 0 Å². The molecule has 0 fully saturated rings. The molecule has 0 aromatic heterocycles. The average molecular weight is 393 g/mol. The average Bonchev–Trinajstić information content (AvgIpc) is 2.53. The standard InChI is InChI=1S/C19H24IN/c1-4-13-11-14(5-2)18(15(6-3)12-13)19(21)16-9-7-8-10-17(16)20/h7-12,19H,4-6,21H2,1-3H3. The monoisotopic (exact) mass is 393 g/mol. The molecule has 2 heteroatoms. The van der Waals surface area contributed by atoms with Crippen molar-refractivity contribution >= 4 is 22.6 Å². The van der Waals surface area contributed by atoms with Crippen molar-refractivity contribution in [2.24, 2.45) is 5.73 Å². The molecule has 2 rings (SSSR count). The van der Waals surface area contributed by atoms with E-state index in [1.165, 1.54) is 31.4 Å². The molecule has 0 amide bonds. The van der Waals surface area contributed by atoms with Crippen molar-refractivity contribution in [3.63, 3.8) is 0 Å². The Balaban J connectivity index is 2.59. The van der Waals surface area contributed by atoms with Gasteiger partial charge in [-0.05, 0) is 75.7 Å². The summed E-state index contributed by atoms with van der Waals surface area (Å²) in [6, 6.07) is 13.1. The lowest BCUT2D eigenvalue weighted by Crippen LogP contribution is -2.18. The number of benzene rings is 2. The molecule has 0 saturated heterocycles. The minimum Gasteiger partial charge on any atom is -0.320 e. The Kier molecular flexibility index (Phi) is 5.82. The molecular formula is C19H24IN. The lowest BCUT2D eigenvalue weighted by atomic mass is 9.87. The van der Waals surface area contributed by atoms with Crippen LogP contribution in [0.15, 0.2) is 36.4 Å². The second-order valence-corrected chi connectivity index (χ2v) is 6.55. The summed E-state index contributed by atoms with van der Waals surface area (Å²) in [5.74, 6) is 0. The van der Waals surface area contributed by atoms with E-state index in [0.717, 1.165) is 19.3 Å². The number of halogens is 1. The molecule has 0 aliphatic carbocycles. The fourth-order valence-corrected chi connectivity index (χ4v) is 3.65. The van der Waals surface area contributed by atoms with Gasteiger partial charge in [-0.1, -0.05) is 51.1 Å². The highest BCUT2D eigenvalue weighted by Crippen LogP contribution is 2.31. The highest BCUT2D eigenvalue weighted by Gasteiger charge is 2.18. The first-order chi connectivity index (χ1) is 10.1. The fraction of sp³-hybridized carbons (Fsp3) is 0.368. The third-order valence-electron chi connectivity index (χ3n) is 4.13. The zero-order chi connectivity index (χ0) is 15.4. The van der Waals surface area contributed by atoms with Gasteiger partial charge in [0, 0.05) is 3.57 Å². The molecule has 0 heterocycles. The molecule has 0 radical (unpaired) electrons. The Morgan fingerprint density at radius 1 is 0.952 bits per heavy atom. The van der Waals surface area contributed by atoms with Gasteiger partial charge in [0.15, 0.2) is 0 Å². The lowest BCUT2D eigenvalue weighted by Gasteiger charge is -2.22. The molecule has 112 valence electrons. The van der Waals surface area contributed by atoms with E-state index in [1.807, 2.05) is 0 Å². The summed E-state index contributed by atoms with van der Waals surface area (Å²) in [5.41, 5.74) is 13.4. The number of rotatable bonds is 5. The van der Waals surface area contributed by atoms with Gasteiger partial charge in [-0.15, -0.1) is 0 Å². The van der Waals surface area contributed by atoms with Crippen LogP contribution in [-0.4, -0.2) is 0 Å². The van der Waals surface area contributed by atoms with Crippen molar-refractivity contribution in [2.75, 3.05) is 0 Å². The van der Waals surface area contributed by atoms with Crippen LogP contribution in [0.3, 0.4) is 0 Å². The minimum absolute atomic E-state index is 0.0334. The predicted molar refractivity (Wildman–Crippen MR) is 99.8 cm³/mol. The van der Waals surface area contributed by atoms with E-state index in [0.29, 0.717) is 0 Å². The van der Waals surface area contributed by atoms with Crippen molar-refractivity contribution < 1.29 is 0 Å². The topological polar surface area (TPSA) is 26.0 Å². The summed E-state index contributed by atoms with van der Waals surface area (Å²) in [6.07, 6.45) is 3.15. The number of aryl methyl sites for hydroxylation is 3. The highest BCUT2D eigenvalue weighted by atomic mass is 127. The summed E-state index contributed by atoms with van der Waals surface area (Å²) < 4.78 is 1.24.